The smallest absolute Gasteiger partial charge is 0.309 e. The first kappa shape index (κ1) is 10.5. The molecule has 3 heteroatoms. The van der Waals surface area contributed by atoms with Gasteiger partial charge >= 0.3 is 5.97 Å². The lowest BCUT2D eigenvalue weighted by Crippen LogP contribution is -2.37. The molecule has 0 aromatic carbocycles. The SMILES string of the molecule is CCC(C)(C)C1OCCC1C(=O)O. The second kappa shape index (κ2) is 3.66. The van der Waals surface area contributed by atoms with Crippen molar-refractivity contribution in [2.75, 3.05) is 6.61 Å². The van der Waals surface area contributed by atoms with Gasteiger partial charge in [0.1, 0.15) is 0 Å². The number of carbonyl (C=O) groups is 1. The molecule has 1 rings (SSSR count). The average molecular weight is 186 g/mol. The van der Waals surface area contributed by atoms with Crippen LogP contribution < -0.4 is 0 Å². The molecule has 2 unspecified atom stereocenters. The molecule has 0 spiro atoms. The summed E-state index contributed by atoms with van der Waals surface area (Å²) in [5.41, 5.74) is -0.0282. The Hall–Kier alpha value is -0.570. The maximum Gasteiger partial charge on any atom is 0.309 e. The van der Waals surface area contributed by atoms with Gasteiger partial charge in [-0.15, -0.1) is 0 Å². The number of ether oxygens (including phenoxy) is 1. The molecule has 0 saturated carbocycles. The van der Waals surface area contributed by atoms with Crippen molar-refractivity contribution in [3.05, 3.63) is 0 Å². The molecule has 3 nitrogen and oxygen atoms in total. The monoisotopic (exact) mass is 186 g/mol. The van der Waals surface area contributed by atoms with Crippen molar-refractivity contribution in [1.29, 1.82) is 0 Å². The highest BCUT2D eigenvalue weighted by Crippen LogP contribution is 2.37. The maximum atomic E-state index is 10.9. The third kappa shape index (κ3) is 2.02. The summed E-state index contributed by atoms with van der Waals surface area (Å²) in [5.74, 6) is -1.03. The van der Waals surface area contributed by atoms with Gasteiger partial charge in [-0.05, 0) is 18.3 Å². The minimum Gasteiger partial charge on any atom is -0.481 e. The van der Waals surface area contributed by atoms with E-state index in [1.807, 2.05) is 0 Å². The summed E-state index contributed by atoms with van der Waals surface area (Å²) in [5, 5.41) is 8.96. The van der Waals surface area contributed by atoms with E-state index in [-0.39, 0.29) is 17.4 Å². The molecule has 13 heavy (non-hydrogen) atoms. The number of carboxylic acids is 1. The second-order valence-electron chi connectivity index (χ2n) is 4.37. The van der Waals surface area contributed by atoms with Gasteiger partial charge < -0.3 is 9.84 Å². The molecule has 1 aliphatic heterocycles. The van der Waals surface area contributed by atoms with Crippen molar-refractivity contribution in [2.24, 2.45) is 11.3 Å². The minimum absolute atomic E-state index is 0.0282. The Balaban J connectivity index is 2.73. The molecule has 0 amide bonds. The predicted octanol–water partition coefficient (Wildman–Crippen LogP) is 1.91. The van der Waals surface area contributed by atoms with Crippen LogP contribution in [0.1, 0.15) is 33.6 Å². The molecule has 1 aliphatic rings. The van der Waals surface area contributed by atoms with Crippen molar-refractivity contribution in [1.82, 2.24) is 0 Å². The fourth-order valence-corrected chi connectivity index (χ4v) is 1.81. The molecular weight excluding hydrogens is 168 g/mol. The van der Waals surface area contributed by atoms with Crippen LogP contribution in [0.3, 0.4) is 0 Å². The Kier molecular flexibility index (Phi) is 2.96. The first-order chi connectivity index (χ1) is 5.99. The number of hydrogen-bond donors (Lipinski definition) is 1. The van der Waals surface area contributed by atoms with Gasteiger partial charge in [-0.1, -0.05) is 20.8 Å². The van der Waals surface area contributed by atoms with E-state index < -0.39 is 5.97 Å². The van der Waals surface area contributed by atoms with Gasteiger partial charge in [0.2, 0.25) is 0 Å². The largest absolute Gasteiger partial charge is 0.481 e. The van der Waals surface area contributed by atoms with E-state index >= 15 is 0 Å². The van der Waals surface area contributed by atoms with Crippen molar-refractivity contribution >= 4 is 5.97 Å². The van der Waals surface area contributed by atoms with Crippen LogP contribution in [0.4, 0.5) is 0 Å². The molecule has 1 heterocycles. The highest BCUT2D eigenvalue weighted by Gasteiger charge is 2.42. The quantitative estimate of drug-likeness (QED) is 0.732. The van der Waals surface area contributed by atoms with E-state index in [9.17, 15) is 4.79 Å². The summed E-state index contributed by atoms with van der Waals surface area (Å²) in [6, 6.07) is 0. The zero-order valence-electron chi connectivity index (χ0n) is 8.54. The molecule has 0 aromatic rings. The van der Waals surface area contributed by atoms with E-state index in [0.717, 1.165) is 6.42 Å². The molecule has 1 saturated heterocycles. The average Bonchev–Trinajstić information content (AvgIpc) is 2.52. The topological polar surface area (TPSA) is 46.5 Å². The lowest BCUT2D eigenvalue weighted by Gasteiger charge is -2.32. The van der Waals surface area contributed by atoms with Gasteiger partial charge in [-0.3, -0.25) is 4.79 Å². The van der Waals surface area contributed by atoms with Crippen LogP contribution in [0.5, 0.6) is 0 Å². The van der Waals surface area contributed by atoms with E-state index in [1.165, 1.54) is 0 Å². The van der Waals surface area contributed by atoms with E-state index in [2.05, 4.69) is 20.8 Å². The van der Waals surface area contributed by atoms with E-state index in [4.69, 9.17) is 9.84 Å². The summed E-state index contributed by atoms with van der Waals surface area (Å²) in [7, 11) is 0. The molecule has 0 radical (unpaired) electrons. The fourth-order valence-electron chi connectivity index (χ4n) is 1.81. The molecule has 1 N–H and O–H groups in total. The summed E-state index contributed by atoms with van der Waals surface area (Å²) in [6.07, 6.45) is 1.49. The Morgan fingerprint density at radius 2 is 2.23 bits per heavy atom. The zero-order valence-corrected chi connectivity index (χ0v) is 8.54. The van der Waals surface area contributed by atoms with Gasteiger partial charge in [0.05, 0.1) is 12.0 Å². The van der Waals surface area contributed by atoms with Crippen LogP contribution in [0.2, 0.25) is 0 Å². The van der Waals surface area contributed by atoms with Crippen molar-refractivity contribution in [2.45, 2.75) is 39.7 Å². The van der Waals surface area contributed by atoms with Crippen LogP contribution >= 0.6 is 0 Å². The number of rotatable bonds is 3. The zero-order chi connectivity index (χ0) is 10.1. The summed E-state index contributed by atoms with van der Waals surface area (Å²) in [4.78, 5) is 10.9. The van der Waals surface area contributed by atoms with Crippen LogP contribution in [0.25, 0.3) is 0 Å². The summed E-state index contributed by atoms with van der Waals surface area (Å²) in [6.45, 7) is 6.80. The van der Waals surface area contributed by atoms with Crippen LogP contribution in [0, 0.1) is 11.3 Å². The Labute approximate surface area is 79.1 Å². The Morgan fingerprint density at radius 1 is 1.62 bits per heavy atom. The van der Waals surface area contributed by atoms with Crippen molar-refractivity contribution in [3.63, 3.8) is 0 Å². The van der Waals surface area contributed by atoms with E-state index in [1.54, 1.807) is 0 Å². The number of carboxylic acid groups (broad SMARTS) is 1. The van der Waals surface area contributed by atoms with Crippen LogP contribution in [0.15, 0.2) is 0 Å². The first-order valence-electron chi connectivity index (χ1n) is 4.83. The number of aliphatic carboxylic acids is 1. The first-order valence-corrected chi connectivity index (χ1v) is 4.83. The molecule has 1 fully saturated rings. The van der Waals surface area contributed by atoms with Gasteiger partial charge in [-0.2, -0.15) is 0 Å². The molecule has 0 bridgehead atoms. The Bertz CT molecular complexity index is 198. The molecule has 0 aliphatic carbocycles. The molecular formula is C10H18O3. The van der Waals surface area contributed by atoms with E-state index in [0.29, 0.717) is 13.0 Å². The van der Waals surface area contributed by atoms with Crippen molar-refractivity contribution < 1.29 is 14.6 Å². The highest BCUT2D eigenvalue weighted by atomic mass is 16.5. The van der Waals surface area contributed by atoms with Crippen molar-refractivity contribution in [3.8, 4) is 0 Å². The van der Waals surface area contributed by atoms with Crippen LogP contribution in [-0.2, 0) is 9.53 Å². The second-order valence-corrected chi connectivity index (χ2v) is 4.37. The number of hydrogen-bond acceptors (Lipinski definition) is 2. The third-order valence-corrected chi connectivity index (χ3v) is 3.09. The molecule has 0 aromatic heterocycles. The standard InChI is InChI=1S/C10H18O3/c1-4-10(2,3)8-7(9(11)12)5-6-13-8/h7-8H,4-6H2,1-3H3,(H,11,12). The van der Waals surface area contributed by atoms with Gasteiger partial charge in [0.25, 0.3) is 0 Å². The summed E-state index contributed by atoms with van der Waals surface area (Å²) >= 11 is 0. The maximum absolute atomic E-state index is 10.9. The Morgan fingerprint density at radius 3 is 2.69 bits per heavy atom. The van der Waals surface area contributed by atoms with Gasteiger partial charge in [0, 0.05) is 6.61 Å². The van der Waals surface area contributed by atoms with Gasteiger partial charge in [0.15, 0.2) is 0 Å². The van der Waals surface area contributed by atoms with Crippen LogP contribution in [-0.4, -0.2) is 23.8 Å². The summed E-state index contributed by atoms with van der Waals surface area (Å²) < 4.78 is 5.50. The minimum atomic E-state index is -0.718. The molecule has 2 atom stereocenters. The van der Waals surface area contributed by atoms with Gasteiger partial charge in [-0.25, -0.2) is 0 Å². The third-order valence-electron chi connectivity index (χ3n) is 3.09. The fraction of sp³-hybridized carbons (Fsp3) is 0.900. The molecule has 76 valence electrons. The normalized spacial score (nSPS) is 29.2. The lowest BCUT2D eigenvalue weighted by molar-refractivity contribution is -0.146. The lowest BCUT2D eigenvalue weighted by atomic mass is 9.78. The highest BCUT2D eigenvalue weighted by molar-refractivity contribution is 5.71. The predicted molar refractivity (Wildman–Crippen MR) is 49.6 cm³/mol.